The third kappa shape index (κ3) is 4.92. The van der Waals surface area contributed by atoms with Crippen LogP contribution in [0.5, 0.6) is 0 Å². The van der Waals surface area contributed by atoms with Gasteiger partial charge in [0, 0.05) is 24.0 Å². The van der Waals surface area contributed by atoms with Gasteiger partial charge in [0.2, 0.25) is 5.13 Å². The van der Waals surface area contributed by atoms with Crippen LogP contribution in [0.1, 0.15) is 70.5 Å². The van der Waals surface area contributed by atoms with E-state index >= 15 is 0 Å². The number of rotatable bonds is 9. The maximum absolute atomic E-state index is 4.53. The second-order valence-electron chi connectivity index (χ2n) is 5.76. The van der Waals surface area contributed by atoms with Crippen molar-refractivity contribution in [1.82, 2.24) is 9.36 Å². The number of anilines is 1. The molecule has 1 N–H and O–H groups in total. The van der Waals surface area contributed by atoms with Gasteiger partial charge in [-0.05, 0) is 25.2 Å². The van der Waals surface area contributed by atoms with Crippen molar-refractivity contribution >= 4 is 16.7 Å². The number of aromatic nitrogens is 2. The summed E-state index contributed by atoms with van der Waals surface area (Å²) in [6, 6.07) is 0. The molecule has 1 fully saturated rings. The summed E-state index contributed by atoms with van der Waals surface area (Å²) in [6.45, 7) is 5.64. The maximum Gasteiger partial charge on any atom is 0.202 e. The van der Waals surface area contributed by atoms with Crippen LogP contribution in [0.4, 0.5) is 5.13 Å². The lowest BCUT2D eigenvalue weighted by Crippen LogP contribution is -2.01. The fourth-order valence-corrected chi connectivity index (χ4v) is 2.71. The topological polar surface area (TPSA) is 37.8 Å². The van der Waals surface area contributed by atoms with Crippen LogP contribution in [-0.2, 0) is 0 Å². The van der Waals surface area contributed by atoms with Gasteiger partial charge < -0.3 is 5.32 Å². The third-order valence-corrected chi connectivity index (χ3v) is 4.06. The van der Waals surface area contributed by atoms with E-state index in [-0.39, 0.29) is 0 Å². The highest BCUT2D eigenvalue weighted by atomic mass is 32.1. The van der Waals surface area contributed by atoms with E-state index in [1.807, 2.05) is 0 Å². The van der Waals surface area contributed by atoms with Gasteiger partial charge in [-0.25, -0.2) is 4.98 Å². The summed E-state index contributed by atoms with van der Waals surface area (Å²) in [5.41, 5.74) is 0. The van der Waals surface area contributed by atoms with E-state index in [1.165, 1.54) is 56.5 Å². The predicted molar refractivity (Wildman–Crippen MR) is 78.3 cm³/mol. The van der Waals surface area contributed by atoms with Crippen molar-refractivity contribution in [3.05, 3.63) is 5.82 Å². The smallest absolute Gasteiger partial charge is 0.202 e. The molecule has 0 radical (unpaired) electrons. The van der Waals surface area contributed by atoms with E-state index in [0.29, 0.717) is 5.92 Å². The lowest BCUT2D eigenvalue weighted by atomic mass is 10.0. The number of hydrogen-bond acceptors (Lipinski definition) is 4. The van der Waals surface area contributed by atoms with Crippen molar-refractivity contribution in [2.75, 3.05) is 11.9 Å². The van der Waals surface area contributed by atoms with Gasteiger partial charge in [-0.2, -0.15) is 4.37 Å². The van der Waals surface area contributed by atoms with Crippen LogP contribution >= 0.6 is 11.5 Å². The monoisotopic (exact) mass is 267 g/mol. The zero-order valence-corrected chi connectivity index (χ0v) is 12.4. The molecule has 0 amide bonds. The number of unbranched alkanes of at least 4 members (excludes halogenated alkanes) is 3. The van der Waals surface area contributed by atoms with Crippen LogP contribution in [0, 0.1) is 5.92 Å². The Morgan fingerprint density at radius 2 is 2.00 bits per heavy atom. The van der Waals surface area contributed by atoms with Crippen LogP contribution in [0.3, 0.4) is 0 Å². The quantitative estimate of drug-likeness (QED) is 0.672. The Balaban J connectivity index is 1.49. The molecule has 0 spiro atoms. The molecule has 4 heteroatoms. The summed E-state index contributed by atoms with van der Waals surface area (Å²) in [4.78, 5) is 4.53. The minimum Gasteiger partial charge on any atom is -0.360 e. The molecule has 3 nitrogen and oxygen atoms in total. The molecule has 18 heavy (non-hydrogen) atoms. The molecule has 102 valence electrons. The van der Waals surface area contributed by atoms with Gasteiger partial charge in [0.15, 0.2) is 0 Å². The van der Waals surface area contributed by atoms with Crippen molar-refractivity contribution in [3.63, 3.8) is 0 Å². The molecule has 1 heterocycles. The summed E-state index contributed by atoms with van der Waals surface area (Å²) < 4.78 is 4.39. The summed E-state index contributed by atoms with van der Waals surface area (Å²) in [7, 11) is 0. The molecule has 1 aliphatic carbocycles. The maximum atomic E-state index is 4.53. The first-order valence-electron chi connectivity index (χ1n) is 7.33. The molecule has 1 aromatic heterocycles. The van der Waals surface area contributed by atoms with Gasteiger partial charge in [0.05, 0.1) is 0 Å². The van der Waals surface area contributed by atoms with Gasteiger partial charge in [0.1, 0.15) is 5.82 Å². The average Bonchev–Trinajstić information content (AvgIpc) is 3.08. The Bertz CT molecular complexity index is 345. The molecule has 0 bridgehead atoms. The first kappa shape index (κ1) is 13.8. The van der Waals surface area contributed by atoms with Crippen LogP contribution in [0.2, 0.25) is 0 Å². The highest BCUT2D eigenvalue weighted by Crippen LogP contribution is 2.39. The SMILES string of the molecule is CC(C)CCCCCCNc1nc(C2CC2)ns1. The Kier molecular flexibility index (Phi) is 5.42. The zero-order valence-electron chi connectivity index (χ0n) is 11.6. The molecule has 1 aliphatic rings. The molecule has 1 aromatic rings. The first-order valence-corrected chi connectivity index (χ1v) is 8.10. The van der Waals surface area contributed by atoms with Crippen molar-refractivity contribution in [3.8, 4) is 0 Å². The summed E-state index contributed by atoms with van der Waals surface area (Å²) >= 11 is 1.52. The average molecular weight is 267 g/mol. The minimum absolute atomic E-state index is 0.674. The normalized spacial score (nSPS) is 15.3. The molecular formula is C14H25N3S. The number of nitrogens with one attached hydrogen (secondary N) is 1. The lowest BCUT2D eigenvalue weighted by molar-refractivity contribution is 0.523. The zero-order chi connectivity index (χ0) is 12.8. The largest absolute Gasteiger partial charge is 0.360 e. The van der Waals surface area contributed by atoms with E-state index in [4.69, 9.17) is 0 Å². The fourth-order valence-electron chi connectivity index (χ4n) is 2.04. The minimum atomic E-state index is 0.674. The molecule has 0 unspecified atom stereocenters. The molecular weight excluding hydrogens is 242 g/mol. The van der Waals surface area contributed by atoms with Crippen LogP contribution in [0.15, 0.2) is 0 Å². The molecule has 0 atom stereocenters. The molecule has 0 aromatic carbocycles. The number of nitrogens with zero attached hydrogens (tertiary/aromatic N) is 2. The van der Waals surface area contributed by atoms with E-state index in [0.717, 1.165) is 23.4 Å². The second kappa shape index (κ2) is 7.07. The van der Waals surface area contributed by atoms with Gasteiger partial charge in [-0.15, -0.1) is 0 Å². The fraction of sp³-hybridized carbons (Fsp3) is 0.857. The van der Waals surface area contributed by atoms with Crippen molar-refractivity contribution in [2.45, 2.75) is 64.7 Å². The highest BCUT2D eigenvalue weighted by molar-refractivity contribution is 7.09. The predicted octanol–water partition coefficient (Wildman–Crippen LogP) is 4.43. The Labute approximate surface area is 115 Å². The molecule has 1 saturated carbocycles. The van der Waals surface area contributed by atoms with Gasteiger partial charge in [0.25, 0.3) is 0 Å². The van der Waals surface area contributed by atoms with E-state index < -0.39 is 0 Å². The number of hydrogen-bond donors (Lipinski definition) is 1. The summed E-state index contributed by atoms with van der Waals surface area (Å²) in [5, 5.41) is 4.41. The standard InChI is InChI=1S/C14H25N3S/c1-11(2)7-5-3-4-6-10-15-14-16-13(17-18-14)12-8-9-12/h11-12H,3-10H2,1-2H3,(H,15,16,17). The van der Waals surface area contributed by atoms with Crippen LogP contribution in [0.25, 0.3) is 0 Å². The van der Waals surface area contributed by atoms with Crippen molar-refractivity contribution in [1.29, 1.82) is 0 Å². The Hall–Kier alpha value is -0.640. The second-order valence-corrected chi connectivity index (χ2v) is 6.51. The molecule has 2 rings (SSSR count). The van der Waals surface area contributed by atoms with Gasteiger partial charge in [-0.1, -0.05) is 39.5 Å². The van der Waals surface area contributed by atoms with Crippen LogP contribution in [-0.4, -0.2) is 15.9 Å². The van der Waals surface area contributed by atoms with E-state index in [9.17, 15) is 0 Å². The summed E-state index contributed by atoms with van der Waals surface area (Å²) in [6.07, 6.45) is 9.25. The van der Waals surface area contributed by atoms with Gasteiger partial charge in [-0.3, -0.25) is 0 Å². The first-order chi connectivity index (χ1) is 8.75. The van der Waals surface area contributed by atoms with Crippen molar-refractivity contribution in [2.24, 2.45) is 5.92 Å². The third-order valence-electron chi connectivity index (χ3n) is 3.37. The molecule has 0 aliphatic heterocycles. The Morgan fingerprint density at radius 1 is 1.22 bits per heavy atom. The van der Waals surface area contributed by atoms with Gasteiger partial charge >= 0.3 is 0 Å². The van der Waals surface area contributed by atoms with E-state index in [2.05, 4.69) is 28.5 Å². The van der Waals surface area contributed by atoms with E-state index in [1.54, 1.807) is 0 Å². The van der Waals surface area contributed by atoms with Crippen LogP contribution < -0.4 is 5.32 Å². The lowest BCUT2D eigenvalue weighted by Gasteiger charge is -2.04. The highest BCUT2D eigenvalue weighted by Gasteiger charge is 2.27. The Morgan fingerprint density at radius 3 is 2.72 bits per heavy atom. The summed E-state index contributed by atoms with van der Waals surface area (Å²) in [5.74, 6) is 2.60. The molecule has 0 saturated heterocycles. The van der Waals surface area contributed by atoms with Crippen molar-refractivity contribution < 1.29 is 0 Å².